The predicted octanol–water partition coefficient (Wildman–Crippen LogP) is 4.06. The Labute approximate surface area is 107 Å². The summed E-state index contributed by atoms with van der Waals surface area (Å²) in [6.07, 6.45) is 15.2. The summed E-state index contributed by atoms with van der Waals surface area (Å²) in [7, 11) is 0. The van der Waals surface area contributed by atoms with Crippen molar-refractivity contribution in [2.24, 2.45) is 0 Å². The standard InChI is InChI=1S/C15H30O2/c1-2-3-8-11-14-15(17-14)12-9-6-4-5-7-10-13-16/h14-16H,2-13H2,1H3. The van der Waals surface area contributed by atoms with Gasteiger partial charge in [0, 0.05) is 6.61 Å². The molecule has 0 radical (unpaired) electrons. The Balaban J connectivity index is 1.76. The second-order valence-electron chi connectivity index (χ2n) is 5.34. The Morgan fingerprint density at radius 3 is 1.88 bits per heavy atom. The topological polar surface area (TPSA) is 32.8 Å². The zero-order valence-corrected chi connectivity index (χ0v) is 11.5. The van der Waals surface area contributed by atoms with Crippen LogP contribution >= 0.6 is 0 Å². The summed E-state index contributed by atoms with van der Waals surface area (Å²) in [4.78, 5) is 0. The number of ether oxygens (including phenoxy) is 1. The SMILES string of the molecule is CCCCCC1OC1CCCCCCCCO. The summed E-state index contributed by atoms with van der Waals surface area (Å²) in [5.41, 5.74) is 0. The van der Waals surface area contributed by atoms with Crippen LogP contribution in [0.1, 0.15) is 77.6 Å². The summed E-state index contributed by atoms with van der Waals surface area (Å²) >= 11 is 0. The van der Waals surface area contributed by atoms with E-state index in [-0.39, 0.29) is 0 Å². The van der Waals surface area contributed by atoms with Gasteiger partial charge < -0.3 is 9.84 Å². The molecular weight excluding hydrogens is 212 g/mol. The molecule has 102 valence electrons. The van der Waals surface area contributed by atoms with Crippen molar-refractivity contribution in [1.82, 2.24) is 0 Å². The highest BCUT2D eigenvalue weighted by Gasteiger charge is 2.36. The van der Waals surface area contributed by atoms with E-state index in [2.05, 4.69) is 6.92 Å². The van der Waals surface area contributed by atoms with Gasteiger partial charge in [0.1, 0.15) is 0 Å². The Morgan fingerprint density at radius 2 is 1.29 bits per heavy atom. The van der Waals surface area contributed by atoms with Crippen LogP contribution in [0.4, 0.5) is 0 Å². The lowest BCUT2D eigenvalue weighted by molar-refractivity contribution is 0.282. The number of aliphatic hydroxyl groups excluding tert-OH is 1. The van der Waals surface area contributed by atoms with E-state index in [9.17, 15) is 0 Å². The van der Waals surface area contributed by atoms with Crippen LogP contribution in [0.3, 0.4) is 0 Å². The summed E-state index contributed by atoms with van der Waals surface area (Å²) < 4.78 is 5.68. The van der Waals surface area contributed by atoms with Gasteiger partial charge in [-0.2, -0.15) is 0 Å². The van der Waals surface area contributed by atoms with Gasteiger partial charge in [-0.15, -0.1) is 0 Å². The van der Waals surface area contributed by atoms with Gasteiger partial charge >= 0.3 is 0 Å². The average molecular weight is 242 g/mol. The molecule has 1 aliphatic rings. The van der Waals surface area contributed by atoms with E-state index in [1.807, 2.05) is 0 Å². The van der Waals surface area contributed by atoms with Gasteiger partial charge in [0.15, 0.2) is 0 Å². The van der Waals surface area contributed by atoms with Crippen LogP contribution in [0.5, 0.6) is 0 Å². The van der Waals surface area contributed by atoms with Gasteiger partial charge in [-0.25, -0.2) is 0 Å². The molecule has 0 aromatic carbocycles. The predicted molar refractivity (Wildman–Crippen MR) is 72.2 cm³/mol. The van der Waals surface area contributed by atoms with E-state index < -0.39 is 0 Å². The quantitative estimate of drug-likeness (QED) is 0.413. The van der Waals surface area contributed by atoms with Gasteiger partial charge in [-0.1, -0.05) is 58.3 Å². The van der Waals surface area contributed by atoms with Gasteiger partial charge in [0.2, 0.25) is 0 Å². The first-order valence-corrected chi connectivity index (χ1v) is 7.64. The smallest absolute Gasteiger partial charge is 0.0841 e. The first-order chi connectivity index (χ1) is 8.38. The molecule has 0 bridgehead atoms. The molecule has 1 heterocycles. The minimum atomic E-state index is 0.357. The Hall–Kier alpha value is -0.0800. The third-order valence-corrected chi connectivity index (χ3v) is 3.68. The Kier molecular flexibility index (Phi) is 8.72. The third kappa shape index (κ3) is 7.77. The molecule has 1 fully saturated rings. The molecule has 0 aliphatic carbocycles. The number of hydrogen-bond acceptors (Lipinski definition) is 2. The maximum atomic E-state index is 8.65. The van der Waals surface area contributed by atoms with Gasteiger partial charge in [0.05, 0.1) is 12.2 Å². The van der Waals surface area contributed by atoms with Crippen LogP contribution in [0.15, 0.2) is 0 Å². The summed E-state index contributed by atoms with van der Waals surface area (Å²) in [6, 6.07) is 0. The molecule has 0 spiro atoms. The molecule has 17 heavy (non-hydrogen) atoms. The van der Waals surface area contributed by atoms with Crippen LogP contribution < -0.4 is 0 Å². The highest BCUT2D eigenvalue weighted by atomic mass is 16.6. The summed E-state index contributed by atoms with van der Waals surface area (Å²) in [5, 5.41) is 8.65. The first-order valence-electron chi connectivity index (χ1n) is 7.64. The molecule has 1 N–H and O–H groups in total. The van der Waals surface area contributed by atoms with Crippen LogP contribution in [0, 0.1) is 0 Å². The molecule has 2 nitrogen and oxygen atoms in total. The molecule has 2 unspecified atom stereocenters. The minimum absolute atomic E-state index is 0.357. The largest absolute Gasteiger partial charge is 0.396 e. The number of rotatable bonds is 12. The van der Waals surface area contributed by atoms with E-state index in [1.165, 1.54) is 64.2 Å². The molecule has 1 aliphatic heterocycles. The molecular formula is C15H30O2. The van der Waals surface area contributed by atoms with Crippen molar-refractivity contribution in [3.8, 4) is 0 Å². The number of epoxide rings is 1. The monoisotopic (exact) mass is 242 g/mol. The normalized spacial score (nSPS) is 22.9. The second kappa shape index (κ2) is 9.90. The van der Waals surface area contributed by atoms with Crippen LogP contribution in [-0.4, -0.2) is 23.9 Å². The van der Waals surface area contributed by atoms with E-state index in [1.54, 1.807) is 0 Å². The van der Waals surface area contributed by atoms with Crippen molar-refractivity contribution in [2.75, 3.05) is 6.61 Å². The third-order valence-electron chi connectivity index (χ3n) is 3.68. The zero-order valence-electron chi connectivity index (χ0n) is 11.5. The fourth-order valence-electron chi connectivity index (χ4n) is 2.45. The lowest BCUT2D eigenvalue weighted by Crippen LogP contribution is -1.94. The van der Waals surface area contributed by atoms with E-state index in [0.29, 0.717) is 18.8 Å². The van der Waals surface area contributed by atoms with Crippen molar-refractivity contribution in [1.29, 1.82) is 0 Å². The van der Waals surface area contributed by atoms with Crippen molar-refractivity contribution in [3.63, 3.8) is 0 Å². The van der Waals surface area contributed by atoms with Crippen LogP contribution in [0.25, 0.3) is 0 Å². The van der Waals surface area contributed by atoms with Gasteiger partial charge in [0.25, 0.3) is 0 Å². The van der Waals surface area contributed by atoms with E-state index in [0.717, 1.165) is 6.42 Å². The number of aliphatic hydroxyl groups is 1. The zero-order chi connectivity index (χ0) is 12.3. The van der Waals surface area contributed by atoms with E-state index >= 15 is 0 Å². The molecule has 0 saturated carbocycles. The maximum absolute atomic E-state index is 8.65. The maximum Gasteiger partial charge on any atom is 0.0841 e. The second-order valence-corrected chi connectivity index (χ2v) is 5.34. The molecule has 2 atom stereocenters. The Bertz CT molecular complexity index is 170. The lowest BCUT2D eigenvalue weighted by Gasteiger charge is -1.99. The number of hydrogen-bond donors (Lipinski definition) is 1. The van der Waals surface area contributed by atoms with E-state index in [4.69, 9.17) is 9.84 Å². The van der Waals surface area contributed by atoms with Crippen LogP contribution in [-0.2, 0) is 4.74 Å². The molecule has 0 aromatic heterocycles. The summed E-state index contributed by atoms with van der Waals surface area (Å²) in [5.74, 6) is 0. The average Bonchev–Trinajstić information content (AvgIpc) is 3.07. The van der Waals surface area contributed by atoms with Crippen molar-refractivity contribution >= 4 is 0 Å². The highest BCUT2D eigenvalue weighted by Crippen LogP contribution is 2.31. The van der Waals surface area contributed by atoms with Crippen molar-refractivity contribution in [3.05, 3.63) is 0 Å². The molecule has 0 aromatic rings. The Morgan fingerprint density at radius 1 is 0.765 bits per heavy atom. The first kappa shape index (κ1) is 15.0. The highest BCUT2D eigenvalue weighted by molar-refractivity contribution is 4.84. The van der Waals surface area contributed by atoms with Gasteiger partial charge in [-0.05, 0) is 19.3 Å². The lowest BCUT2D eigenvalue weighted by atomic mass is 10.0. The van der Waals surface area contributed by atoms with Crippen molar-refractivity contribution in [2.45, 2.75) is 89.8 Å². The van der Waals surface area contributed by atoms with Gasteiger partial charge in [-0.3, -0.25) is 0 Å². The molecule has 1 saturated heterocycles. The fourth-order valence-corrected chi connectivity index (χ4v) is 2.45. The fraction of sp³-hybridized carbons (Fsp3) is 1.00. The molecule has 2 heteroatoms. The van der Waals surface area contributed by atoms with Crippen molar-refractivity contribution < 1.29 is 9.84 Å². The number of unbranched alkanes of at least 4 members (excludes halogenated alkanes) is 7. The molecule has 0 amide bonds. The van der Waals surface area contributed by atoms with Crippen LogP contribution in [0.2, 0.25) is 0 Å². The summed E-state index contributed by atoms with van der Waals surface area (Å²) in [6.45, 7) is 2.61. The molecule has 1 rings (SSSR count). The minimum Gasteiger partial charge on any atom is -0.396 e.